The monoisotopic (exact) mass is 216 g/mol. The smallest absolute Gasteiger partial charge is 0.172 e. The van der Waals surface area contributed by atoms with E-state index in [9.17, 15) is 0 Å². The molecule has 0 radical (unpaired) electrons. The van der Waals surface area contributed by atoms with Crippen molar-refractivity contribution in [3.63, 3.8) is 0 Å². The number of aryl methyl sites for hydroxylation is 1. The van der Waals surface area contributed by atoms with E-state index in [1.807, 2.05) is 12.1 Å². The van der Waals surface area contributed by atoms with Gasteiger partial charge in [0.15, 0.2) is 11.6 Å². The number of aromatic nitrogens is 1. The lowest BCUT2D eigenvalue weighted by Crippen LogP contribution is -1.92. The van der Waals surface area contributed by atoms with Crippen molar-refractivity contribution in [2.45, 2.75) is 27.2 Å². The van der Waals surface area contributed by atoms with Gasteiger partial charge in [-0.15, -0.1) is 0 Å². The van der Waals surface area contributed by atoms with Crippen LogP contribution in [0.25, 0.3) is 11.3 Å². The molecule has 0 aliphatic rings. The Bertz CT molecular complexity index is 515. The summed E-state index contributed by atoms with van der Waals surface area (Å²) >= 11 is 0. The molecule has 3 nitrogen and oxygen atoms in total. The van der Waals surface area contributed by atoms with Gasteiger partial charge in [-0.05, 0) is 31.4 Å². The van der Waals surface area contributed by atoms with Gasteiger partial charge in [-0.1, -0.05) is 30.3 Å². The molecule has 0 saturated carbocycles. The molecule has 0 aliphatic heterocycles. The van der Waals surface area contributed by atoms with E-state index in [0.717, 1.165) is 23.3 Å². The molecule has 3 heteroatoms. The molecule has 0 unspecified atom stereocenters. The summed E-state index contributed by atoms with van der Waals surface area (Å²) in [4.78, 5) is 0. The molecule has 16 heavy (non-hydrogen) atoms. The third-order valence-electron chi connectivity index (χ3n) is 3.02. The van der Waals surface area contributed by atoms with E-state index in [1.165, 1.54) is 11.1 Å². The van der Waals surface area contributed by atoms with E-state index in [1.54, 1.807) is 0 Å². The molecule has 0 aliphatic carbocycles. The summed E-state index contributed by atoms with van der Waals surface area (Å²) in [6.07, 6.45) is 0.831. The number of nitrogens with zero attached hydrogens (tertiary/aromatic N) is 1. The van der Waals surface area contributed by atoms with Gasteiger partial charge in [0.05, 0.1) is 0 Å². The Morgan fingerprint density at radius 1 is 1.31 bits per heavy atom. The van der Waals surface area contributed by atoms with Gasteiger partial charge in [-0.2, -0.15) is 0 Å². The highest BCUT2D eigenvalue weighted by molar-refractivity contribution is 5.69. The average Bonchev–Trinajstić information content (AvgIpc) is 2.63. The van der Waals surface area contributed by atoms with E-state index < -0.39 is 0 Å². The quantitative estimate of drug-likeness (QED) is 0.839. The number of benzene rings is 1. The molecule has 0 bridgehead atoms. The molecule has 1 aromatic carbocycles. The predicted molar refractivity (Wildman–Crippen MR) is 65.2 cm³/mol. The van der Waals surface area contributed by atoms with Gasteiger partial charge < -0.3 is 10.3 Å². The van der Waals surface area contributed by atoms with Crippen molar-refractivity contribution < 1.29 is 4.52 Å². The van der Waals surface area contributed by atoms with Gasteiger partial charge in [0.1, 0.15) is 0 Å². The van der Waals surface area contributed by atoms with Crippen LogP contribution < -0.4 is 5.73 Å². The molecule has 2 aromatic rings. The fourth-order valence-corrected chi connectivity index (χ4v) is 1.87. The maximum atomic E-state index is 5.77. The first-order chi connectivity index (χ1) is 7.65. The number of nitrogens with two attached hydrogens (primary N) is 1. The van der Waals surface area contributed by atoms with Crippen LogP contribution in [0.15, 0.2) is 22.7 Å². The van der Waals surface area contributed by atoms with Crippen molar-refractivity contribution in [3.05, 3.63) is 34.9 Å². The molecule has 0 amide bonds. The van der Waals surface area contributed by atoms with Gasteiger partial charge in [-0.3, -0.25) is 0 Å². The first-order valence-corrected chi connectivity index (χ1v) is 5.45. The van der Waals surface area contributed by atoms with Gasteiger partial charge in [0, 0.05) is 11.1 Å². The van der Waals surface area contributed by atoms with E-state index in [2.05, 4.69) is 32.0 Å². The maximum absolute atomic E-state index is 5.77. The van der Waals surface area contributed by atoms with Crippen molar-refractivity contribution in [1.29, 1.82) is 0 Å². The molecule has 0 spiro atoms. The van der Waals surface area contributed by atoms with Crippen LogP contribution in [0.4, 0.5) is 5.82 Å². The number of rotatable bonds is 2. The summed E-state index contributed by atoms with van der Waals surface area (Å²) in [5, 5.41) is 3.84. The van der Waals surface area contributed by atoms with Crippen LogP contribution in [0, 0.1) is 13.8 Å². The fraction of sp³-hybridized carbons (Fsp3) is 0.308. The van der Waals surface area contributed by atoms with Crippen molar-refractivity contribution >= 4 is 5.82 Å². The predicted octanol–water partition coefficient (Wildman–Crippen LogP) is 3.10. The van der Waals surface area contributed by atoms with Crippen LogP contribution >= 0.6 is 0 Å². The Hall–Kier alpha value is -1.77. The van der Waals surface area contributed by atoms with Crippen LogP contribution in [0.3, 0.4) is 0 Å². The summed E-state index contributed by atoms with van der Waals surface area (Å²) in [7, 11) is 0. The van der Waals surface area contributed by atoms with Crippen LogP contribution in [0.2, 0.25) is 0 Å². The Kier molecular flexibility index (Phi) is 2.69. The second-order valence-corrected chi connectivity index (χ2v) is 3.98. The minimum Gasteiger partial charge on any atom is -0.381 e. The minimum absolute atomic E-state index is 0.499. The topological polar surface area (TPSA) is 52.0 Å². The van der Waals surface area contributed by atoms with Gasteiger partial charge in [0.2, 0.25) is 0 Å². The molecule has 2 N–H and O–H groups in total. The Labute approximate surface area is 95.3 Å². The van der Waals surface area contributed by atoms with Crippen LogP contribution in [-0.2, 0) is 6.42 Å². The summed E-state index contributed by atoms with van der Waals surface area (Å²) in [6.45, 7) is 6.23. The first kappa shape index (κ1) is 10.7. The highest BCUT2D eigenvalue weighted by atomic mass is 16.5. The lowest BCUT2D eigenvalue weighted by Gasteiger charge is -2.06. The third kappa shape index (κ3) is 1.58. The second kappa shape index (κ2) is 4.00. The van der Waals surface area contributed by atoms with E-state index in [0.29, 0.717) is 5.82 Å². The van der Waals surface area contributed by atoms with Crippen molar-refractivity contribution in [3.8, 4) is 11.3 Å². The molecule has 84 valence electrons. The second-order valence-electron chi connectivity index (χ2n) is 3.98. The molecule has 1 aromatic heterocycles. The number of anilines is 1. The van der Waals surface area contributed by atoms with Crippen LogP contribution in [-0.4, -0.2) is 5.16 Å². The molecular weight excluding hydrogens is 200 g/mol. The van der Waals surface area contributed by atoms with Gasteiger partial charge in [-0.25, -0.2) is 0 Å². The van der Waals surface area contributed by atoms with Crippen molar-refractivity contribution in [2.75, 3.05) is 5.73 Å². The van der Waals surface area contributed by atoms with Crippen LogP contribution in [0.1, 0.15) is 23.6 Å². The van der Waals surface area contributed by atoms with Gasteiger partial charge >= 0.3 is 0 Å². The summed E-state index contributed by atoms with van der Waals surface area (Å²) in [5.74, 6) is 1.31. The third-order valence-corrected chi connectivity index (χ3v) is 3.02. The highest BCUT2D eigenvalue weighted by Crippen LogP contribution is 2.31. The molecule has 0 atom stereocenters. The van der Waals surface area contributed by atoms with Gasteiger partial charge in [0.25, 0.3) is 0 Å². The Morgan fingerprint density at radius 2 is 2.06 bits per heavy atom. The summed E-state index contributed by atoms with van der Waals surface area (Å²) < 4.78 is 5.33. The van der Waals surface area contributed by atoms with E-state index in [-0.39, 0.29) is 0 Å². The molecule has 0 fully saturated rings. The van der Waals surface area contributed by atoms with E-state index >= 15 is 0 Å². The Balaban J connectivity index is 2.63. The highest BCUT2D eigenvalue weighted by Gasteiger charge is 2.15. The number of hydrogen-bond donors (Lipinski definition) is 1. The normalized spacial score (nSPS) is 10.7. The van der Waals surface area contributed by atoms with Crippen LogP contribution in [0.5, 0.6) is 0 Å². The zero-order valence-electron chi connectivity index (χ0n) is 9.87. The average molecular weight is 216 g/mol. The standard InChI is InChI=1S/C13H16N2O/c1-4-10-12(16-15-13(10)14)11-7-5-6-8(2)9(11)3/h5-7H,4H2,1-3H3,(H2,14,15). The molecule has 1 heterocycles. The molecule has 0 saturated heterocycles. The minimum atomic E-state index is 0.499. The Morgan fingerprint density at radius 3 is 2.75 bits per heavy atom. The van der Waals surface area contributed by atoms with Crippen molar-refractivity contribution in [1.82, 2.24) is 5.16 Å². The SMILES string of the molecule is CCc1c(N)noc1-c1cccc(C)c1C. The summed E-state index contributed by atoms with van der Waals surface area (Å²) in [6, 6.07) is 6.15. The first-order valence-electron chi connectivity index (χ1n) is 5.45. The zero-order chi connectivity index (χ0) is 11.7. The zero-order valence-corrected chi connectivity index (χ0v) is 9.87. The van der Waals surface area contributed by atoms with E-state index in [4.69, 9.17) is 10.3 Å². The maximum Gasteiger partial charge on any atom is 0.172 e. The summed E-state index contributed by atoms with van der Waals surface area (Å²) in [5.41, 5.74) is 10.3. The fourth-order valence-electron chi connectivity index (χ4n) is 1.87. The molecular formula is C13H16N2O. The molecule has 2 rings (SSSR count). The largest absolute Gasteiger partial charge is 0.381 e. The number of nitrogen functional groups attached to an aromatic ring is 1. The number of hydrogen-bond acceptors (Lipinski definition) is 3. The lowest BCUT2D eigenvalue weighted by atomic mass is 9.98. The lowest BCUT2D eigenvalue weighted by molar-refractivity contribution is 0.435. The van der Waals surface area contributed by atoms with Crippen molar-refractivity contribution in [2.24, 2.45) is 0 Å².